The van der Waals surface area contributed by atoms with E-state index in [0.29, 0.717) is 5.56 Å². The van der Waals surface area contributed by atoms with Crippen molar-refractivity contribution in [2.75, 3.05) is 4.90 Å². The molecule has 0 saturated heterocycles. The van der Waals surface area contributed by atoms with Crippen LogP contribution in [0.4, 0.5) is 24.5 Å². The summed E-state index contributed by atoms with van der Waals surface area (Å²) in [6.07, 6.45) is -3.46. The fourth-order valence-electron chi connectivity index (χ4n) is 3.69. The van der Waals surface area contributed by atoms with Crippen molar-refractivity contribution >= 4 is 27.0 Å². The van der Waals surface area contributed by atoms with E-state index in [1.165, 1.54) is 35.2 Å². The molecule has 0 aromatic heterocycles. The van der Waals surface area contributed by atoms with Crippen molar-refractivity contribution in [1.82, 2.24) is 0 Å². The highest BCUT2D eigenvalue weighted by atomic mass is 32.2. The van der Waals surface area contributed by atoms with Gasteiger partial charge in [0.05, 0.1) is 16.1 Å². The van der Waals surface area contributed by atoms with Crippen LogP contribution in [0.5, 0.6) is 0 Å². The Morgan fingerprint density at radius 3 is 2.31 bits per heavy atom. The average molecular weight is 457 g/mol. The lowest BCUT2D eigenvalue weighted by Crippen LogP contribution is -2.26. The number of halogens is 3. The molecule has 0 saturated carbocycles. The molecule has 3 aromatic carbocycles. The van der Waals surface area contributed by atoms with E-state index >= 15 is 0 Å². The van der Waals surface area contributed by atoms with E-state index in [1.807, 2.05) is 6.92 Å². The minimum Gasteiger partial charge on any atom is -0.314 e. The molecule has 0 unspecified atom stereocenters. The summed E-state index contributed by atoms with van der Waals surface area (Å²) in [6.45, 7) is 3.55. The number of aryl methyl sites for hydroxylation is 2. The number of hydrogen-bond acceptors (Lipinski definition) is 4. The molecule has 32 heavy (non-hydrogen) atoms. The number of para-hydroxylation sites is 1. The van der Waals surface area contributed by atoms with Crippen LogP contribution in [0.3, 0.4) is 0 Å². The zero-order valence-corrected chi connectivity index (χ0v) is 18.0. The van der Waals surface area contributed by atoms with Gasteiger partial charge in [0, 0.05) is 17.5 Å². The molecule has 8 heteroatoms. The number of nitrogens with zero attached hydrogens (tertiary/aromatic N) is 1. The van der Waals surface area contributed by atoms with Crippen LogP contribution in [-0.4, -0.2) is 14.2 Å². The normalized spacial score (nSPS) is 15.2. The van der Waals surface area contributed by atoms with Crippen molar-refractivity contribution in [1.29, 1.82) is 0 Å². The molecule has 0 spiro atoms. The maximum Gasteiger partial charge on any atom is 0.416 e. The number of carbonyl (C=O) groups excluding carboxylic acids is 1. The molecule has 0 amide bonds. The molecule has 1 aliphatic rings. The highest BCUT2D eigenvalue weighted by Gasteiger charge is 2.37. The quantitative estimate of drug-likeness (QED) is 0.455. The summed E-state index contributed by atoms with van der Waals surface area (Å²) < 4.78 is 66.4. The van der Waals surface area contributed by atoms with Gasteiger partial charge in [-0.1, -0.05) is 42.0 Å². The van der Waals surface area contributed by atoms with Gasteiger partial charge in [0.25, 0.3) is 0 Å². The maximum atomic E-state index is 13.3. The summed E-state index contributed by atoms with van der Waals surface area (Å²) in [4.78, 5) is 14.0. The number of sulfone groups is 1. The van der Waals surface area contributed by atoms with Crippen LogP contribution in [0.25, 0.3) is 0 Å². The first-order valence-corrected chi connectivity index (χ1v) is 11.1. The van der Waals surface area contributed by atoms with Crippen molar-refractivity contribution < 1.29 is 26.4 Å². The first kappa shape index (κ1) is 21.8. The SMILES string of the molecule is Cc1ccc(C(=O)C2=CN(c3cccc(C(F)(F)F)c3)c3ccccc3S2(=O)=O)c(C)c1. The molecule has 0 fully saturated rings. The molecule has 1 aliphatic heterocycles. The Labute approximate surface area is 183 Å². The molecule has 0 radical (unpaired) electrons. The van der Waals surface area contributed by atoms with Gasteiger partial charge in [0.15, 0.2) is 0 Å². The van der Waals surface area contributed by atoms with Crippen molar-refractivity contribution in [2.24, 2.45) is 0 Å². The Bertz CT molecular complexity index is 1380. The predicted molar refractivity (Wildman–Crippen MR) is 116 cm³/mol. The fourth-order valence-corrected chi connectivity index (χ4v) is 5.22. The molecule has 164 valence electrons. The Hall–Kier alpha value is -3.39. The molecule has 3 aromatic rings. The molecule has 4 nitrogen and oxygen atoms in total. The van der Waals surface area contributed by atoms with Crippen molar-refractivity contribution in [3.63, 3.8) is 0 Å². The third-order valence-electron chi connectivity index (χ3n) is 5.25. The molecule has 0 aliphatic carbocycles. The summed E-state index contributed by atoms with van der Waals surface area (Å²) in [6, 6.07) is 15.5. The molecule has 0 bridgehead atoms. The van der Waals surface area contributed by atoms with Crippen LogP contribution < -0.4 is 4.90 Å². The number of allylic oxidation sites excluding steroid dienone is 1. The second kappa shape index (κ2) is 7.63. The van der Waals surface area contributed by atoms with E-state index in [1.54, 1.807) is 31.2 Å². The molecule has 0 N–H and O–H groups in total. The van der Waals surface area contributed by atoms with Crippen LogP contribution in [-0.2, 0) is 16.0 Å². The number of rotatable bonds is 3. The zero-order valence-electron chi connectivity index (χ0n) is 17.1. The number of anilines is 2. The first-order chi connectivity index (χ1) is 15.0. The third kappa shape index (κ3) is 3.71. The first-order valence-electron chi connectivity index (χ1n) is 9.64. The van der Waals surface area contributed by atoms with E-state index in [4.69, 9.17) is 0 Å². The molecule has 4 rings (SSSR count). The van der Waals surface area contributed by atoms with Crippen LogP contribution in [0.2, 0.25) is 0 Å². The Morgan fingerprint density at radius 1 is 0.906 bits per heavy atom. The Morgan fingerprint density at radius 2 is 1.62 bits per heavy atom. The number of Topliss-reactive ketones (excluding diaryl/α,β-unsaturated/α-hetero) is 1. The number of ketones is 1. The second-order valence-electron chi connectivity index (χ2n) is 7.53. The molecular formula is C24H18F3NO3S. The van der Waals surface area contributed by atoms with Crippen LogP contribution >= 0.6 is 0 Å². The number of benzene rings is 3. The van der Waals surface area contributed by atoms with Gasteiger partial charge >= 0.3 is 6.18 Å². The van der Waals surface area contributed by atoms with E-state index in [2.05, 4.69) is 0 Å². The van der Waals surface area contributed by atoms with Gasteiger partial charge in [-0.25, -0.2) is 8.42 Å². The van der Waals surface area contributed by atoms with Crippen molar-refractivity contribution in [3.05, 3.63) is 100 Å². The molecule has 1 heterocycles. The third-order valence-corrected chi connectivity index (χ3v) is 7.05. The lowest BCUT2D eigenvalue weighted by Gasteiger charge is -2.29. The van der Waals surface area contributed by atoms with Gasteiger partial charge in [-0.15, -0.1) is 0 Å². The maximum absolute atomic E-state index is 13.3. The monoisotopic (exact) mass is 457 g/mol. The number of hydrogen-bond donors (Lipinski definition) is 0. The van der Waals surface area contributed by atoms with Crippen molar-refractivity contribution in [3.8, 4) is 0 Å². The Balaban J connectivity index is 1.93. The minimum absolute atomic E-state index is 0.0908. The Kier molecular flexibility index (Phi) is 5.21. The lowest BCUT2D eigenvalue weighted by molar-refractivity contribution is -0.137. The molecular weight excluding hydrogens is 439 g/mol. The highest BCUT2D eigenvalue weighted by molar-refractivity contribution is 7.96. The minimum atomic E-state index is -4.57. The number of alkyl halides is 3. The topological polar surface area (TPSA) is 54.5 Å². The summed E-state index contributed by atoms with van der Waals surface area (Å²) in [5, 5.41) is 0. The second-order valence-corrected chi connectivity index (χ2v) is 9.42. The largest absolute Gasteiger partial charge is 0.416 e. The van der Waals surface area contributed by atoms with Gasteiger partial charge < -0.3 is 4.90 Å². The predicted octanol–water partition coefficient (Wildman–Crippen LogP) is 5.97. The lowest BCUT2D eigenvalue weighted by atomic mass is 10.0. The van der Waals surface area contributed by atoms with E-state index < -0.39 is 32.3 Å². The van der Waals surface area contributed by atoms with Gasteiger partial charge in [0.1, 0.15) is 4.91 Å². The summed E-state index contributed by atoms with van der Waals surface area (Å²) in [5.74, 6) is -0.714. The summed E-state index contributed by atoms with van der Waals surface area (Å²) in [5.41, 5.74) is 1.12. The highest BCUT2D eigenvalue weighted by Crippen LogP contribution is 2.41. The van der Waals surface area contributed by atoms with Gasteiger partial charge in [-0.3, -0.25) is 4.79 Å². The van der Waals surface area contributed by atoms with Gasteiger partial charge in [-0.05, 0) is 49.7 Å². The number of carbonyl (C=O) groups is 1. The van der Waals surface area contributed by atoms with E-state index in [9.17, 15) is 26.4 Å². The van der Waals surface area contributed by atoms with Gasteiger partial charge in [-0.2, -0.15) is 13.2 Å². The smallest absolute Gasteiger partial charge is 0.314 e. The van der Waals surface area contributed by atoms with Crippen LogP contribution in [0.15, 0.2) is 82.7 Å². The number of fused-ring (bicyclic) bond motifs is 1. The summed E-state index contributed by atoms with van der Waals surface area (Å²) in [7, 11) is -4.19. The average Bonchev–Trinajstić information content (AvgIpc) is 2.73. The van der Waals surface area contributed by atoms with Crippen LogP contribution in [0, 0.1) is 13.8 Å². The fraction of sp³-hybridized carbons (Fsp3) is 0.125. The summed E-state index contributed by atoms with van der Waals surface area (Å²) >= 11 is 0. The van der Waals surface area contributed by atoms with E-state index in [0.717, 1.165) is 23.9 Å². The zero-order chi connectivity index (χ0) is 23.3. The standard InChI is InChI=1S/C24H18F3NO3S/c1-15-10-11-19(16(2)12-15)23(29)22-14-28(18-7-5-6-17(13-18)24(25,26)27)20-8-3-4-9-21(20)32(22,30)31/h3-14H,1-2H3. The van der Waals surface area contributed by atoms with Crippen LogP contribution in [0.1, 0.15) is 27.0 Å². The molecule has 0 atom stereocenters. The van der Waals surface area contributed by atoms with E-state index in [-0.39, 0.29) is 21.8 Å². The van der Waals surface area contributed by atoms with Crippen molar-refractivity contribution in [2.45, 2.75) is 24.9 Å². The van der Waals surface area contributed by atoms with Gasteiger partial charge in [0.2, 0.25) is 15.6 Å².